The zero-order chi connectivity index (χ0) is 18.7. The second kappa shape index (κ2) is 6.33. The molecule has 0 radical (unpaired) electrons. The molecule has 144 valence electrons. The van der Waals surface area contributed by atoms with Crippen LogP contribution in [0.25, 0.3) is 10.9 Å². The average Bonchev–Trinajstić information content (AvgIpc) is 3.04. The highest BCUT2D eigenvalue weighted by molar-refractivity contribution is 5.85. The van der Waals surface area contributed by atoms with Crippen LogP contribution in [-0.4, -0.2) is 58.5 Å². The standard InChI is InChI=1S/C21H26N2O4/c1-27-20-17(24)8-11-10-23-7-6-13-12-4-2-3-5-15(12)22-19(13)16(23)9-14(11)18(20)21(25)26/h2-5,11,14,16-18,20,22,24H,6-10H2,1H3,(H,25,26). The highest BCUT2D eigenvalue weighted by atomic mass is 16.5. The minimum absolute atomic E-state index is 0.0227. The van der Waals surface area contributed by atoms with Crippen LogP contribution >= 0.6 is 0 Å². The maximum Gasteiger partial charge on any atom is 0.309 e. The number of benzene rings is 1. The molecule has 2 fully saturated rings. The number of carboxylic acids is 1. The molecule has 3 N–H and O–H groups in total. The van der Waals surface area contributed by atoms with Crippen molar-refractivity contribution in [2.75, 3.05) is 20.2 Å². The van der Waals surface area contributed by atoms with Gasteiger partial charge in [0.1, 0.15) is 0 Å². The van der Waals surface area contributed by atoms with Gasteiger partial charge in [-0.05, 0) is 42.7 Å². The Balaban J connectivity index is 1.53. The molecule has 0 amide bonds. The van der Waals surface area contributed by atoms with E-state index in [0.29, 0.717) is 6.42 Å². The summed E-state index contributed by atoms with van der Waals surface area (Å²) in [5, 5.41) is 21.6. The number of ether oxygens (including phenoxy) is 1. The normalized spacial score (nSPS) is 36.1. The van der Waals surface area contributed by atoms with Crippen molar-refractivity contribution < 1.29 is 19.7 Å². The van der Waals surface area contributed by atoms with Crippen LogP contribution in [-0.2, 0) is 16.0 Å². The number of para-hydroxylation sites is 1. The summed E-state index contributed by atoms with van der Waals surface area (Å²) in [6.45, 7) is 1.84. The lowest BCUT2D eigenvalue weighted by molar-refractivity contribution is -0.172. The number of hydrogen-bond donors (Lipinski definition) is 3. The Hall–Kier alpha value is -1.89. The van der Waals surface area contributed by atoms with E-state index in [2.05, 4.69) is 28.1 Å². The molecule has 27 heavy (non-hydrogen) atoms. The zero-order valence-corrected chi connectivity index (χ0v) is 15.5. The van der Waals surface area contributed by atoms with Crippen LogP contribution < -0.4 is 0 Å². The summed E-state index contributed by atoms with van der Waals surface area (Å²) in [4.78, 5) is 18.2. The molecular weight excluding hydrogens is 344 g/mol. The number of carboxylic acid groups (broad SMARTS) is 1. The second-order valence-corrected chi connectivity index (χ2v) is 8.35. The Morgan fingerprint density at radius 1 is 1.30 bits per heavy atom. The van der Waals surface area contributed by atoms with Crippen LogP contribution in [0.4, 0.5) is 0 Å². The van der Waals surface area contributed by atoms with Gasteiger partial charge in [0.05, 0.1) is 24.2 Å². The van der Waals surface area contributed by atoms with Crippen molar-refractivity contribution in [2.45, 2.75) is 37.5 Å². The van der Waals surface area contributed by atoms with Gasteiger partial charge in [-0.25, -0.2) is 0 Å². The number of aliphatic hydroxyl groups excluding tert-OH is 1. The molecule has 6 unspecified atom stereocenters. The fourth-order valence-corrected chi connectivity index (χ4v) is 5.98. The van der Waals surface area contributed by atoms with Gasteiger partial charge in [-0.15, -0.1) is 0 Å². The minimum atomic E-state index is -0.850. The third kappa shape index (κ3) is 2.54. The molecule has 1 saturated carbocycles. The number of rotatable bonds is 2. The summed E-state index contributed by atoms with van der Waals surface area (Å²) in [5.74, 6) is -1.28. The van der Waals surface area contributed by atoms with Gasteiger partial charge in [0.15, 0.2) is 0 Å². The Kier molecular flexibility index (Phi) is 4.04. The van der Waals surface area contributed by atoms with Gasteiger partial charge < -0.3 is 19.9 Å². The number of aromatic amines is 1. The Morgan fingerprint density at radius 2 is 2.11 bits per heavy atom. The van der Waals surface area contributed by atoms with Crippen LogP contribution in [0, 0.1) is 17.8 Å². The first-order valence-corrected chi connectivity index (χ1v) is 9.85. The molecular formula is C21H26N2O4. The lowest BCUT2D eigenvalue weighted by Crippen LogP contribution is -2.57. The fourth-order valence-electron chi connectivity index (χ4n) is 5.98. The molecule has 0 spiro atoms. The first-order valence-electron chi connectivity index (χ1n) is 9.85. The number of nitrogens with zero attached hydrogens (tertiary/aromatic N) is 1. The van der Waals surface area contributed by atoms with Crippen molar-refractivity contribution in [1.29, 1.82) is 0 Å². The molecule has 1 aromatic heterocycles. The summed E-state index contributed by atoms with van der Waals surface area (Å²) < 4.78 is 5.43. The number of H-pyrrole nitrogens is 1. The van der Waals surface area contributed by atoms with Crippen molar-refractivity contribution in [3.63, 3.8) is 0 Å². The van der Waals surface area contributed by atoms with Crippen molar-refractivity contribution in [1.82, 2.24) is 9.88 Å². The maximum absolute atomic E-state index is 12.1. The lowest BCUT2D eigenvalue weighted by atomic mass is 9.64. The van der Waals surface area contributed by atoms with E-state index in [1.165, 1.54) is 23.8 Å². The van der Waals surface area contributed by atoms with E-state index in [4.69, 9.17) is 4.74 Å². The molecule has 0 bridgehead atoms. The van der Waals surface area contributed by atoms with E-state index in [-0.39, 0.29) is 17.9 Å². The minimum Gasteiger partial charge on any atom is -0.481 e. The predicted octanol–water partition coefficient (Wildman–Crippen LogP) is 2.18. The molecule has 3 aliphatic rings. The third-order valence-electron chi connectivity index (χ3n) is 7.14. The molecule has 2 aliphatic heterocycles. The zero-order valence-electron chi connectivity index (χ0n) is 15.5. The number of piperidine rings is 1. The molecule has 1 aliphatic carbocycles. The number of aliphatic hydroxyl groups is 1. The summed E-state index contributed by atoms with van der Waals surface area (Å²) >= 11 is 0. The molecule has 6 atom stereocenters. The van der Waals surface area contributed by atoms with E-state index in [1.807, 2.05) is 6.07 Å². The number of carbonyl (C=O) groups is 1. The predicted molar refractivity (Wildman–Crippen MR) is 100 cm³/mol. The molecule has 1 aromatic carbocycles. The van der Waals surface area contributed by atoms with E-state index < -0.39 is 24.1 Å². The Bertz CT molecular complexity index is 878. The number of aliphatic carboxylic acids is 1. The third-order valence-corrected chi connectivity index (χ3v) is 7.14. The summed E-state index contributed by atoms with van der Waals surface area (Å²) in [7, 11) is 1.51. The largest absolute Gasteiger partial charge is 0.481 e. The number of hydrogen-bond acceptors (Lipinski definition) is 4. The van der Waals surface area contributed by atoms with Gasteiger partial charge in [0, 0.05) is 36.8 Å². The highest BCUT2D eigenvalue weighted by Gasteiger charge is 2.52. The van der Waals surface area contributed by atoms with E-state index in [9.17, 15) is 15.0 Å². The van der Waals surface area contributed by atoms with Gasteiger partial charge in [0.25, 0.3) is 0 Å². The average molecular weight is 370 g/mol. The van der Waals surface area contributed by atoms with Crippen LogP contribution in [0.1, 0.15) is 30.1 Å². The van der Waals surface area contributed by atoms with E-state index in [0.717, 1.165) is 31.4 Å². The first-order chi connectivity index (χ1) is 13.1. The van der Waals surface area contributed by atoms with Crippen LogP contribution in [0.5, 0.6) is 0 Å². The van der Waals surface area contributed by atoms with Gasteiger partial charge in [-0.3, -0.25) is 9.69 Å². The number of nitrogens with one attached hydrogen (secondary N) is 1. The molecule has 1 saturated heterocycles. The number of fused-ring (bicyclic) bond motifs is 6. The van der Waals surface area contributed by atoms with Crippen LogP contribution in [0.3, 0.4) is 0 Å². The van der Waals surface area contributed by atoms with E-state index in [1.54, 1.807) is 0 Å². The van der Waals surface area contributed by atoms with E-state index >= 15 is 0 Å². The summed E-state index contributed by atoms with van der Waals surface area (Å²) in [5.41, 5.74) is 3.80. The quantitative estimate of drug-likeness (QED) is 0.754. The second-order valence-electron chi connectivity index (χ2n) is 8.35. The van der Waals surface area contributed by atoms with Gasteiger partial charge in [0.2, 0.25) is 0 Å². The lowest BCUT2D eigenvalue weighted by Gasteiger charge is -2.52. The number of aromatic nitrogens is 1. The first kappa shape index (κ1) is 17.2. The molecule has 6 heteroatoms. The van der Waals surface area contributed by atoms with Crippen LogP contribution in [0.2, 0.25) is 0 Å². The topological polar surface area (TPSA) is 85.8 Å². The van der Waals surface area contributed by atoms with Gasteiger partial charge >= 0.3 is 5.97 Å². The number of methoxy groups -OCH3 is 1. The van der Waals surface area contributed by atoms with Crippen molar-refractivity contribution >= 4 is 16.9 Å². The monoisotopic (exact) mass is 370 g/mol. The van der Waals surface area contributed by atoms with Crippen molar-refractivity contribution in [3.05, 3.63) is 35.5 Å². The van der Waals surface area contributed by atoms with Crippen molar-refractivity contribution in [2.24, 2.45) is 17.8 Å². The molecule has 2 aromatic rings. The van der Waals surface area contributed by atoms with Crippen LogP contribution in [0.15, 0.2) is 24.3 Å². The molecule has 6 nitrogen and oxygen atoms in total. The Labute approximate surface area is 158 Å². The molecule has 5 rings (SSSR count). The maximum atomic E-state index is 12.1. The van der Waals surface area contributed by atoms with Crippen molar-refractivity contribution in [3.8, 4) is 0 Å². The Morgan fingerprint density at radius 3 is 2.89 bits per heavy atom. The van der Waals surface area contributed by atoms with Gasteiger partial charge in [-0.2, -0.15) is 0 Å². The summed E-state index contributed by atoms with van der Waals surface area (Å²) in [6.07, 6.45) is 1.10. The highest BCUT2D eigenvalue weighted by Crippen LogP contribution is 2.49. The summed E-state index contributed by atoms with van der Waals surface area (Å²) in [6, 6.07) is 8.62. The molecule has 3 heterocycles. The van der Waals surface area contributed by atoms with Gasteiger partial charge in [-0.1, -0.05) is 18.2 Å². The fraction of sp³-hybridized carbons (Fsp3) is 0.571. The smallest absolute Gasteiger partial charge is 0.309 e. The SMILES string of the molecule is COC1C(O)CC2CN3CCc4c([nH]c5ccccc45)C3CC2C1C(=O)O.